The Morgan fingerprint density at radius 2 is 0.970 bits per heavy atom. The van der Waals surface area contributed by atoms with Crippen molar-refractivity contribution in [3.8, 4) is 0 Å². The van der Waals surface area contributed by atoms with Crippen molar-refractivity contribution in [3.05, 3.63) is 47.6 Å². The molecule has 4 rings (SSSR count). The van der Waals surface area contributed by atoms with Gasteiger partial charge in [0.15, 0.2) is 0 Å². The maximum Gasteiger partial charge on any atom is -0.153 e. The quantitative estimate of drug-likeness (QED) is 0.456. The first kappa shape index (κ1) is 29.3. The number of rotatable bonds is 6. The minimum atomic E-state index is -1.60. The number of allylic oxidation sites excluding steroid dienone is 8. The summed E-state index contributed by atoms with van der Waals surface area (Å²) in [5.74, 6) is 0. The summed E-state index contributed by atoms with van der Waals surface area (Å²) in [4.78, 5) is 0. The second-order valence-electron chi connectivity index (χ2n) is 10.8. The third-order valence-electron chi connectivity index (χ3n) is 8.36. The Kier molecular flexibility index (Phi) is 10.6. The molecule has 33 heavy (non-hydrogen) atoms. The Labute approximate surface area is 217 Å². The SMILES string of the molecule is CC1=C[C]([Zr+2][C]2([Si](C)(C)N3CCCC3)C=CC(C)=C2)([Si](C)(C)N2CCCC2)C=C1.C[O-].C[O-]. The average Bonchev–Trinajstić information content (AvgIpc) is 3.60. The molecule has 4 aliphatic rings. The molecule has 0 aromatic rings. The summed E-state index contributed by atoms with van der Waals surface area (Å²) in [6.07, 6.45) is 21.5. The molecule has 0 amide bonds. The van der Waals surface area contributed by atoms with E-state index < -0.39 is 39.7 Å². The molecule has 0 aromatic carbocycles. The minimum absolute atomic E-state index is 0.403. The number of nitrogens with zero attached hydrogens (tertiary/aromatic N) is 2. The average molecular weight is 566 g/mol. The normalized spacial score (nSPS) is 29.8. The Bertz CT molecular complexity index is 717. The summed E-state index contributed by atoms with van der Waals surface area (Å²) in [6.45, 7) is 20.8. The van der Waals surface area contributed by atoms with Gasteiger partial charge in [0, 0.05) is 0 Å². The fraction of sp³-hybridized carbons (Fsp3) is 0.692. The third-order valence-corrected chi connectivity index (χ3v) is 31.2. The van der Waals surface area contributed by atoms with E-state index in [1.165, 1.54) is 63.0 Å². The minimum Gasteiger partial charge on any atom is -0.857 e. The van der Waals surface area contributed by atoms with Crippen molar-refractivity contribution in [2.75, 3.05) is 40.4 Å². The van der Waals surface area contributed by atoms with E-state index in [9.17, 15) is 0 Å². The first-order valence-corrected chi connectivity index (χ1v) is 20.9. The molecule has 2 heterocycles. The van der Waals surface area contributed by atoms with Crippen LogP contribution in [0.1, 0.15) is 39.5 Å². The molecule has 2 fully saturated rings. The van der Waals surface area contributed by atoms with Crippen LogP contribution in [0.15, 0.2) is 47.6 Å². The third kappa shape index (κ3) is 5.60. The van der Waals surface area contributed by atoms with Crippen LogP contribution in [-0.4, -0.2) is 66.0 Å². The number of hydrogen-bond donors (Lipinski definition) is 0. The molecular weight excluding hydrogens is 520 g/mol. The molecule has 0 radical (unpaired) electrons. The molecule has 184 valence electrons. The summed E-state index contributed by atoms with van der Waals surface area (Å²) >= 11 is -0.866. The molecule has 0 aromatic heterocycles. The molecule has 2 unspecified atom stereocenters. The molecule has 0 bridgehead atoms. The van der Waals surface area contributed by atoms with Gasteiger partial charge < -0.3 is 10.2 Å². The van der Waals surface area contributed by atoms with Gasteiger partial charge in [0.25, 0.3) is 0 Å². The van der Waals surface area contributed by atoms with Gasteiger partial charge in [-0.2, -0.15) is 14.2 Å². The van der Waals surface area contributed by atoms with Crippen LogP contribution in [-0.2, 0) is 23.2 Å². The predicted molar refractivity (Wildman–Crippen MR) is 140 cm³/mol. The Balaban J connectivity index is 0.000000914. The van der Waals surface area contributed by atoms with Crippen molar-refractivity contribution in [2.24, 2.45) is 0 Å². The van der Waals surface area contributed by atoms with Crippen LogP contribution in [0.2, 0.25) is 31.7 Å². The molecule has 0 spiro atoms. The summed E-state index contributed by atoms with van der Waals surface area (Å²) < 4.78 is 6.72. The van der Waals surface area contributed by atoms with Crippen LogP contribution in [0.4, 0.5) is 0 Å². The molecular formula is C26H46N2O2Si2Zr. The van der Waals surface area contributed by atoms with Crippen LogP contribution in [0.25, 0.3) is 0 Å². The Hall–Kier alpha value is 0.117. The van der Waals surface area contributed by atoms with Crippen LogP contribution in [0, 0.1) is 0 Å². The van der Waals surface area contributed by atoms with Gasteiger partial charge in [-0.3, -0.25) is 0 Å². The van der Waals surface area contributed by atoms with Crippen molar-refractivity contribution in [3.63, 3.8) is 0 Å². The van der Waals surface area contributed by atoms with Crippen LogP contribution in [0.3, 0.4) is 0 Å². The van der Waals surface area contributed by atoms with E-state index in [0.717, 1.165) is 14.2 Å². The zero-order valence-electron chi connectivity index (χ0n) is 22.3. The largest absolute Gasteiger partial charge is 0.857 e. The summed E-state index contributed by atoms with van der Waals surface area (Å²) in [5, 5.41) is 16.5. The van der Waals surface area contributed by atoms with Gasteiger partial charge in [-0.05, 0) is 0 Å². The van der Waals surface area contributed by atoms with Gasteiger partial charge >= 0.3 is 194 Å². The monoisotopic (exact) mass is 564 g/mol. The maximum absolute atomic E-state index is 8.25. The van der Waals surface area contributed by atoms with Gasteiger partial charge in [-0.1, -0.05) is 0 Å². The topological polar surface area (TPSA) is 52.6 Å². The van der Waals surface area contributed by atoms with Crippen molar-refractivity contribution in [1.82, 2.24) is 9.13 Å². The van der Waals surface area contributed by atoms with Gasteiger partial charge in [0.1, 0.15) is 0 Å². The fourth-order valence-electron chi connectivity index (χ4n) is 6.08. The van der Waals surface area contributed by atoms with Crippen molar-refractivity contribution in [1.29, 1.82) is 0 Å². The van der Waals surface area contributed by atoms with E-state index in [0.29, 0.717) is 5.49 Å². The molecule has 0 N–H and O–H groups in total. The van der Waals surface area contributed by atoms with Crippen molar-refractivity contribution in [2.45, 2.75) is 71.2 Å². The van der Waals surface area contributed by atoms with E-state index in [1.807, 2.05) is 0 Å². The molecule has 7 heteroatoms. The Morgan fingerprint density at radius 3 is 1.21 bits per heavy atom. The summed E-state index contributed by atoms with van der Waals surface area (Å²) in [5.41, 5.74) is 3.04. The first-order valence-electron chi connectivity index (χ1n) is 12.5. The van der Waals surface area contributed by atoms with Gasteiger partial charge in [0.2, 0.25) is 0 Å². The van der Waals surface area contributed by atoms with Crippen LogP contribution in [0.5, 0.6) is 0 Å². The zero-order valence-corrected chi connectivity index (χ0v) is 26.8. The van der Waals surface area contributed by atoms with Crippen molar-refractivity contribution >= 4 is 16.5 Å². The molecule has 2 saturated heterocycles. The second kappa shape index (κ2) is 11.9. The van der Waals surface area contributed by atoms with E-state index in [2.05, 4.69) is 85.6 Å². The molecule has 2 aliphatic heterocycles. The molecule has 2 atom stereocenters. The van der Waals surface area contributed by atoms with Crippen LogP contribution >= 0.6 is 0 Å². The van der Waals surface area contributed by atoms with E-state index in [1.54, 1.807) is 0 Å². The first-order chi connectivity index (χ1) is 15.6. The zero-order chi connectivity index (χ0) is 24.9. The summed E-state index contributed by atoms with van der Waals surface area (Å²) in [6, 6.07) is 0. The number of hydrogen-bond acceptors (Lipinski definition) is 4. The smallest absolute Gasteiger partial charge is 0.153 e. The van der Waals surface area contributed by atoms with E-state index in [-0.39, 0.29) is 0 Å². The molecule has 4 nitrogen and oxygen atoms in total. The molecule has 0 saturated carbocycles. The van der Waals surface area contributed by atoms with Gasteiger partial charge in [-0.25, -0.2) is 0 Å². The van der Waals surface area contributed by atoms with E-state index in [4.69, 9.17) is 10.2 Å². The predicted octanol–water partition coefficient (Wildman–Crippen LogP) is 4.05. The van der Waals surface area contributed by atoms with Crippen LogP contribution < -0.4 is 10.2 Å². The molecule has 2 aliphatic carbocycles. The van der Waals surface area contributed by atoms with E-state index >= 15 is 0 Å². The Morgan fingerprint density at radius 1 is 0.667 bits per heavy atom. The van der Waals surface area contributed by atoms with Crippen molar-refractivity contribution < 1.29 is 33.4 Å². The summed E-state index contributed by atoms with van der Waals surface area (Å²) in [7, 11) is -1.70. The fourth-order valence-corrected chi connectivity index (χ4v) is 26.8. The second-order valence-corrected chi connectivity index (χ2v) is 27.1. The van der Waals surface area contributed by atoms with Gasteiger partial charge in [0.05, 0.1) is 0 Å². The van der Waals surface area contributed by atoms with Gasteiger partial charge in [-0.15, -0.1) is 0 Å². The maximum atomic E-state index is 8.25. The standard InChI is InChI=1S/2C12H20NSi.2CH3O.Zr/c2*1-11-6-7-12(10-11)14(2,3)13-8-4-5-9-13;2*1-2;/h2*6-7,10H,4-5,8-9H2,1-3H3;2*1H3;/q;;2*-1;+2.